The molecule has 3 aromatic rings. The average molecular weight is 339 g/mol. The first-order valence-corrected chi connectivity index (χ1v) is 8.53. The molecule has 120 valence electrons. The van der Waals surface area contributed by atoms with E-state index >= 15 is 0 Å². The van der Waals surface area contributed by atoms with E-state index in [9.17, 15) is 17.8 Å². The Hall–Kier alpha value is -2.83. The summed E-state index contributed by atoms with van der Waals surface area (Å²) in [4.78, 5) is 16.6. The summed E-state index contributed by atoms with van der Waals surface area (Å²) in [5.41, 5.74) is 1.69. The maximum absolute atomic E-state index is 12.7. The van der Waals surface area contributed by atoms with E-state index in [0.717, 1.165) is 0 Å². The third-order valence-electron chi connectivity index (χ3n) is 3.50. The molecule has 0 aliphatic carbocycles. The van der Waals surface area contributed by atoms with Crippen LogP contribution in [0.15, 0.2) is 77.8 Å². The van der Waals surface area contributed by atoms with Gasteiger partial charge >= 0.3 is 0 Å². The van der Waals surface area contributed by atoms with E-state index in [1.807, 2.05) is 6.07 Å². The highest BCUT2D eigenvalue weighted by Gasteiger charge is 2.17. The molecule has 0 saturated carbocycles. The Bertz CT molecular complexity index is 998. The lowest BCUT2D eigenvalue weighted by Crippen LogP contribution is -2.06. The summed E-state index contributed by atoms with van der Waals surface area (Å²) in [6.07, 6.45) is 1.51. The first kappa shape index (κ1) is 16.0. The quantitative estimate of drug-likeness (QED) is 0.583. The lowest BCUT2D eigenvalue weighted by Gasteiger charge is -2.09. The van der Waals surface area contributed by atoms with Crippen molar-refractivity contribution in [3.63, 3.8) is 0 Å². The van der Waals surface area contributed by atoms with Crippen molar-refractivity contribution in [2.45, 2.75) is 4.90 Å². The van der Waals surface area contributed by atoms with Gasteiger partial charge in [-0.1, -0.05) is 48.5 Å². The number of hydrogen-bond donors (Lipinski definition) is 1. The van der Waals surface area contributed by atoms with E-state index in [-0.39, 0.29) is 16.4 Å². The number of carbonyl (C=O) groups excluding carboxylic acids is 1. The largest absolute Gasteiger partial charge is 0.294 e. The molecule has 0 radical (unpaired) electrons. The molecule has 6 heteroatoms. The Balaban J connectivity index is 2.13. The van der Waals surface area contributed by atoms with Crippen molar-refractivity contribution < 1.29 is 17.8 Å². The summed E-state index contributed by atoms with van der Waals surface area (Å²) in [6, 6.07) is 17.8. The number of rotatable bonds is 4. The van der Waals surface area contributed by atoms with Gasteiger partial charge in [0.05, 0.1) is 4.90 Å². The summed E-state index contributed by atoms with van der Waals surface area (Å²) < 4.78 is 31.9. The van der Waals surface area contributed by atoms with Crippen LogP contribution in [0.5, 0.6) is 0 Å². The molecular formula is C18H13NO4S. The van der Waals surface area contributed by atoms with Crippen molar-refractivity contribution in [3.05, 3.63) is 84.2 Å². The van der Waals surface area contributed by atoms with E-state index in [0.29, 0.717) is 16.7 Å². The zero-order chi connectivity index (χ0) is 17.2. The minimum Gasteiger partial charge on any atom is -0.287 e. The Morgan fingerprint density at radius 3 is 2.38 bits per heavy atom. The molecule has 2 aromatic carbocycles. The predicted molar refractivity (Wildman–Crippen MR) is 89.4 cm³/mol. The van der Waals surface area contributed by atoms with Gasteiger partial charge in [0.2, 0.25) is 5.78 Å². The highest BCUT2D eigenvalue weighted by Crippen LogP contribution is 2.26. The van der Waals surface area contributed by atoms with Crippen molar-refractivity contribution in [1.82, 2.24) is 4.98 Å². The summed E-state index contributed by atoms with van der Waals surface area (Å²) in [7, 11) is -4.32. The fraction of sp³-hybridized carbons (Fsp3) is 0. The smallest absolute Gasteiger partial charge is 0.287 e. The Morgan fingerprint density at radius 1 is 0.917 bits per heavy atom. The summed E-state index contributed by atoms with van der Waals surface area (Å²) in [5, 5.41) is 0. The third kappa shape index (κ3) is 3.24. The molecular weight excluding hydrogens is 326 g/mol. The zero-order valence-corrected chi connectivity index (χ0v) is 13.3. The maximum atomic E-state index is 12.7. The Morgan fingerprint density at radius 2 is 1.67 bits per heavy atom. The molecule has 0 amide bonds. The van der Waals surface area contributed by atoms with Crippen molar-refractivity contribution in [1.29, 1.82) is 0 Å². The second-order valence-electron chi connectivity index (χ2n) is 5.10. The molecule has 0 unspecified atom stereocenters. The van der Waals surface area contributed by atoms with Crippen molar-refractivity contribution >= 4 is 15.9 Å². The van der Waals surface area contributed by atoms with Crippen LogP contribution < -0.4 is 0 Å². The molecule has 0 bridgehead atoms. The van der Waals surface area contributed by atoms with Crippen molar-refractivity contribution in [3.8, 4) is 11.1 Å². The number of ketones is 1. The van der Waals surface area contributed by atoms with Crippen LogP contribution >= 0.6 is 0 Å². The number of carbonyl (C=O) groups is 1. The van der Waals surface area contributed by atoms with E-state index in [1.54, 1.807) is 42.5 Å². The first-order valence-electron chi connectivity index (χ1n) is 7.09. The number of pyridine rings is 1. The maximum Gasteiger partial charge on any atom is 0.294 e. The fourth-order valence-corrected chi connectivity index (χ4v) is 2.90. The Kier molecular flexibility index (Phi) is 4.24. The summed E-state index contributed by atoms with van der Waals surface area (Å²) in [6.45, 7) is 0. The van der Waals surface area contributed by atoms with Gasteiger partial charge in [0.1, 0.15) is 5.69 Å². The highest BCUT2D eigenvalue weighted by atomic mass is 32.2. The molecule has 1 heterocycles. The topological polar surface area (TPSA) is 84.3 Å². The Labute approximate surface area is 139 Å². The molecule has 0 aliphatic heterocycles. The molecule has 1 N–H and O–H groups in total. The molecule has 0 aliphatic rings. The van der Waals surface area contributed by atoms with E-state index in [4.69, 9.17) is 0 Å². The van der Waals surface area contributed by atoms with E-state index in [2.05, 4.69) is 4.98 Å². The summed E-state index contributed by atoms with van der Waals surface area (Å²) >= 11 is 0. The molecule has 1 aromatic heterocycles. The van der Waals surface area contributed by atoms with Crippen molar-refractivity contribution in [2.75, 3.05) is 0 Å². The van der Waals surface area contributed by atoms with Crippen LogP contribution in [0.1, 0.15) is 16.1 Å². The standard InChI is InChI=1S/C18H13NO4S/c20-18(13-6-2-1-3-7-13)17-16(10-5-11-19-17)14-8-4-9-15(12-14)24(21,22)23/h1-12H,(H,21,22,23). The van der Waals surface area contributed by atoms with Crippen LogP contribution in [-0.4, -0.2) is 23.7 Å². The lowest BCUT2D eigenvalue weighted by molar-refractivity contribution is 0.103. The van der Waals surface area contributed by atoms with Crippen LogP contribution in [-0.2, 0) is 10.1 Å². The monoisotopic (exact) mass is 339 g/mol. The van der Waals surface area contributed by atoms with Crippen LogP contribution in [0.4, 0.5) is 0 Å². The van der Waals surface area contributed by atoms with Crippen LogP contribution in [0.3, 0.4) is 0 Å². The van der Waals surface area contributed by atoms with Gasteiger partial charge in [-0.05, 0) is 23.8 Å². The molecule has 3 rings (SSSR count). The van der Waals surface area contributed by atoms with Crippen molar-refractivity contribution in [2.24, 2.45) is 0 Å². The number of aromatic nitrogens is 1. The predicted octanol–water partition coefficient (Wildman–Crippen LogP) is 3.23. The van der Waals surface area contributed by atoms with Gasteiger partial charge < -0.3 is 0 Å². The first-order chi connectivity index (χ1) is 11.5. The number of nitrogens with zero attached hydrogens (tertiary/aromatic N) is 1. The third-order valence-corrected chi connectivity index (χ3v) is 4.35. The summed E-state index contributed by atoms with van der Waals surface area (Å²) in [5.74, 6) is -0.261. The second-order valence-corrected chi connectivity index (χ2v) is 6.52. The number of hydrogen-bond acceptors (Lipinski definition) is 4. The molecule has 0 saturated heterocycles. The van der Waals surface area contributed by atoms with E-state index < -0.39 is 10.1 Å². The van der Waals surface area contributed by atoms with E-state index in [1.165, 1.54) is 24.4 Å². The SMILES string of the molecule is O=C(c1ccccc1)c1ncccc1-c1cccc(S(=O)(=O)O)c1. The highest BCUT2D eigenvalue weighted by molar-refractivity contribution is 7.85. The van der Waals surface area contributed by atoms with Crippen LogP contribution in [0.2, 0.25) is 0 Å². The van der Waals surface area contributed by atoms with Gasteiger partial charge in [0, 0.05) is 17.3 Å². The molecule has 5 nitrogen and oxygen atoms in total. The lowest BCUT2D eigenvalue weighted by atomic mass is 9.98. The van der Waals surface area contributed by atoms with Gasteiger partial charge in [-0.2, -0.15) is 8.42 Å². The van der Waals surface area contributed by atoms with Gasteiger partial charge in [-0.15, -0.1) is 0 Å². The minimum absolute atomic E-state index is 0.219. The number of benzene rings is 2. The zero-order valence-electron chi connectivity index (χ0n) is 12.5. The molecule has 0 atom stereocenters. The molecule has 0 fully saturated rings. The van der Waals surface area contributed by atoms with Crippen LogP contribution in [0, 0.1) is 0 Å². The van der Waals surface area contributed by atoms with Crippen LogP contribution in [0.25, 0.3) is 11.1 Å². The normalized spacial score (nSPS) is 11.2. The minimum atomic E-state index is -4.32. The average Bonchev–Trinajstić information content (AvgIpc) is 2.61. The van der Waals surface area contributed by atoms with Gasteiger partial charge in [0.15, 0.2) is 0 Å². The van der Waals surface area contributed by atoms with Gasteiger partial charge in [0.25, 0.3) is 10.1 Å². The molecule has 0 spiro atoms. The molecule has 24 heavy (non-hydrogen) atoms. The fourth-order valence-electron chi connectivity index (χ4n) is 2.37. The van der Waals surface area contributed by atoms with Gasteiger partial charge in [-0.25, -0.2) is 0 Å². The van der Waals surface area contributed by atoms with Gasteiger partial charge in [-0.3, -0.25) is 14.3 Å². The second kappa shape index (κ2) is 6.35.